The molecule has 0 spiro atoms. The highest BCUT2D eigenvalue weighted by molar-refractivity contribution is 7.98. The predicted octanol–water partition coefficient (Wildman–Crippen LogP) is 6.06. The summed E-state index contributed by atoms with van der Waals surface area (Å²) >= 11 is 1.54. The van der Waals surface area contributed by atoms with E-state index in [1.54, 1.807) is 37.7 Å². The third kappa shape index (κ3) is 17.6. The van der Waals surface area contributed by atoms with Crippen LogP contribution in [0.1, 0.15) is 110 Å². The molecule has 0 aliphatic rings. The van der Waals surface area contributed by atoms with Crippen LogP contribution in [0.25, 0.3) is 0 Å². The highest BCUT2D eigenvalue weighted by Gasteiger charge is 2.31. The van der Waals surface area contributed by atoms with Crippen LogP contribution < -0.4 is 21.3 Å². The minimum Gasteiger partial charge on any atom is -0.508 e. The zero-order chi connectivity index (χ0) is 38.4. The Labute approximate surface area is 306 Å². The van der Waals surface area contributed by atoms with Gasteiger partial charge in [-0.25, -0.2) is 0 Å². The van der Waals surface area contributed by atoms with Gasteiger partial charge in [-0.15, -0.1) is 0 Å². The lowest BCUT2D eigenvalue weighted by atomic mass is 9.91. The maximum Gasteiger partial charge on any atom is 0.252 e. The van der Waals surface area contributed by atoms with E-state index in [1.165, 1.54) is 6.07 Å². The van der Waals surface area contributed by atoms with Gasteiger partial charge in [-0.05, 0) is 88.9 Å². The van der Waals surface area contributed by atoms with Gasteiger partial charge in [0.1, 0.15) is 17.8 Å². The summed E-state index contributed by atoms with van der Waals surface area (Å²) in [6.45, 7) is 19.5. The first-order valence-electron chi connectivity index (χ1n) is 18.0. The average molecular weight is 719 g/mol. The van der Waals surface area contributed by atoms with Crippen LogP contribution in [0, 0.1) is 24.7 Å². The lowest BCUT2D eigenvalue weighted by molar-refractivity contribution is -0.132. The number of rotatable bonds is 21. The predicted molar refractivity (Wildman–Crippen MR) is 207 cm³/mol. The van der Waals surface area contributed by atoms with Crippen LogP contribution in [0.4, 0.5) is 0 Å². The quantitative estimate of drug-likeness (QED) is 0.0845. The molecule has 0 aliphatic heterocycles. The van der Waals surface area contributed by atoms with E-state index in [4.69, 9.17) is 0 Å². The Morgan fingerprint density at radius 2 is 1.50 bits per heavy atom. The van der Waals surface area contributed by atoms with Gasteiger partial charge in [0, 0.05) is 23.6 Å². The van der Waals surface area contributed by atoms with Crippen molar-refractivity contribution in [2.75, 3.05) is 18.6 Å². The summed E-state index contributed by atoms with van der Waals surface area (Å²) in [5, 5.41) is 33.0. The van der Waals surface area contributed by atoms with Gasteiger partial charge in [0.05, 0.1) is 12.1 Å². The number of phenols is 1. The summed E-state index contributed by atoms with van der Waals surface area (Å²) < 4.78 is 0. The zero-order valence-corrected chi connectivity index (χ0v) is 33.2. The molecule has 0 saturated carbocycles. The van der Waals surface area contributed by atoms with E-state index in [-0.39, 0.29) is 41.4 Å². The first kappa shape index (κ1) is 46.7. The number of hydrogen-bond acceptors (Lipinski definition) is 7. The number of thioether (sulfide) groups is 1. The van der Waals surface area contributed by atoms with E-state index in [1.807, 2.05) is 79.9 Å². The minimum atomic E-state index is -1.05. The van der Waals surface area contributed by atoms with Crippen molar-refractivity contribution in [1.29, 1.82) is 0 Å². The summed E-state index contributed by atoms with van der Waals surface area (Å²) in [6.07, 6.45) is 8.90. The second-order valence-corrected chi connectivity index (χ2v) is 14.3. The molecule has 6 N–H and O–H groups in total. The second kappa shape index (κ2) is 25.6. The van der Waals surface area contributed by atoms with Crippen LogP contribution in [0.5, 0.6) is 5.75 Å². The molecule has 0 aromatic heterocycles. The molecule has 284 valence electrons. The fourth-order valence-electron chi connectivity index (χ4n) is 5.25. The van der Waals surface area contributed by atoms with Gasteiger partial charge in [0.25, 0.3) is 5.91 Å². The van der Waals surface area contributed by atoms with Crippen LogP contribution in [0.2, 0.25) is 0 Å². The number of aliphatic hydroxyl groups excluding tert-OH is 1. The highest BCUT2D eigenvalue weighted by atomic mass is 32.2. The summed E-state index contributed by atoms with van der Waals surface area (Å²) in [6, 6.07) is 2.39. The molecule has 0 aliphatic carbocycles. The maximum absolute atomic E-state index is 13.6. The van der Waals surface area contributed by atoms with Gasteiger partial charge in [0.2, 0.25) is 17.7 Å². The Kier molecular flexibility index (Phi) is 23.9. The minimum absolute atomic E-state index is 0.00921. The number of carbonyl (C=O) groups is 4. The number of benzene rings is 1. The fraction of sp³-hybridized carbons (Fsp3) is 0.641. The van der Waals surface area contributed by atoms with Gasteiger partial charge >= 0.3 is 0 Å². The molecule has 1 aromatic carbocycles. The lowest BCUT2D eigenvalue weighted by Crippen LogP contribution is -2.54. The first-order chi connectivity index (χ1) is 23.6. The van der Waals surface area contributed by atoms with Crippen LogP contribution >= 0.6 is 11.8 Å². The van der Waals surface area contributed by atoms with E-state index < -0.39 is 42.0 Å². The number of allylic oxidation sites excluding steroid dienone is 3. The van der Waals surface area contributed by atoms with E-state index in [2.05, 4.69) is 21.3 Å². The summed E-state index contributed by atoms with van der Waals surface area (Å²) in [5.74, 6) is -1.27. The van der Waals surface area contributed by atoms with E-state index in [0.717, 1.165) is 12.0 Å². The smallest absolute Gasteiger partial charge is 0.252 e. The molecule has 1 rings (SSSR count). The van der Waals surface area contributed by atoms with Crippen molar-refractivity contribution >= 4 is 35.4 Å². The van der Waals surface area contributed by atoms with E-state index in [9.17, 15) is 29.4 Å². The Hall–Kier alpha value is -3.31. The Bertz CT molecular complexity index is 1250. The lowest BCUT2D eigenvalue weighted by Gasteiger charge is -2.30. The Morgan fingerprint density at radius 1 is 0.860 bits per heavy atom. The molecule has 5 atom stereocenters. The van der Waals surface area contributed by atoms with Crippen molar-refractivity contribution in [2.45, 2.75) is 126 Å². The van der Waals surface area contributed by atoms with E-state index >= 15 is 0 Å². The summed E-state index contributed by atoms with van der Waals surface area (Å²) in [4.78, 5) is 53.1. The topological polar surface area (TPSA) is 157 Å². The number of carbonyl (C=O) groups excluding carboxylic acids is 4. The molecule has 0 radical (unpaired) electrons. The second-order valence-electron chi connectivity index (χ2n) is 13.3. The molecule has 0 heterocycles. The summed E-state index contributed by atoms with van der Waals surface area (Å²) in [5.41, 5.74) is 1.76. The molecule has 0 saturated heterocycles. The standard InChI is InChI=1S/C37H60N4O6S.C2H6/c1-10-12-14-27(11-2)22-38-36(46)31(20-24(5)6)41-34(44)25(7)21-33(43)30(19-23(3)4)40-37(47)29(17-18-48-9)39-35(45)28-15-13-16-32(42)26(28)8;1-2/h10-13,15-16,23-25,29-31,33,42-43H,14,17-22H2,1-9H3,(H,38,46)(H,39,45)(H,40,47)(H,41,44);1-2H3/b12-10-,27-11+;/t25-,29+,30+,31+,33+;/m1./s1. The van der Waals surface area contributed by atoms with Crippen LogP contribution in [-0.2, 0) is 14.4 Å². The molecular weight excluding hydrogens is 653 g/mol. The maximum atomic E-state index is 13.6. The van der Waals surface area contributed by atoms with Gasteiger partial charge in [-0.2, -0.15) is 11.8 Å². The SMILES string of the molecule is C/C=C\C/C(=C\C)CNC(=O)[C@H](CC(C)C)NC(=O)[C@H](C)C[C@H](O)[C@H](CC(C)C)NC(=O)[C@H](CCSC)NC(=O)c1cccc(O)c1C.CC. The van der Waals surface area contributed by atoms with Crippen molar-refractivity contribution in [2.24, 2.45) is 17.8 Å². The van der Waals surface area contributed by atoms with Crippen LogP contribution in [0.3, 0.4) is 0 Å². The molecule has 11 heteroatoms. The largest absolute Gasteiger partial charge is 0.508 e. The zero-order valence-electron chi connectivity index (χ0n) is 32.4. The molecule has 10 nitrogen and oxygen atoms in total. The van der Waals surface area contributed by atoms with Gasteiger partial charge in [-0.3, -0.25) is 19.2 Å². The number of aromatic hydroxyl groups is 1. The first-order valence-corrected chi connectivity index (χ1v) is 19.4. The summed E-state index contributed by atoms with van der Waals surface area (Å²) in [7, 11) is 0. The van der Waals surface area contributed by atoms with Crippen LogP contribution in [0.15, 0.2) is 42.0 Å². The third-order valence-electron chi connectivity index (χ3n) is 8.20. The van der Waals surface area contributed by atoms with Crippen molar-refractivity contribution in [1.82, 2.24) is 21.3 Å². The number of hydrogen-bond donors (Lipinski definition) is 6. The molecule has 1 aromatic rings. The highest BCUT2D eigenvalue weighted by Crippen LogP contribution is 2.20. The van der Waals surface area contributed by atoms with Gasteiger partial charge < -0.3 is 31.5 Å². The molecule has 0 unspecified atom stereocenters. The third-order valence-corrected chi connectivity index (χ3v) is 8.84. The van der Waals surface area contributed by atoms with Crippen molar-refractivity contribution in [3.8, 4) is 5.75 Å². The fourth-order valence-corrected chi connectivity index (χ4v) is 5.72. The van der Waals surface area contributed by atoms with Crippen LogP contribution in [-0.4, -0.2) is 76.6 Å². The van der Waals surface area contributed by atoms with E-state index in [0.29, 0.717) is 37.1 Å². The molecule has 0 fully saturated rings. The van der Waals surface area contributed by atoms with Crippen molar-refractivity contribution in [3.63, 3.8) is 0 Å². The number of amides is 4. The number of phenolic OH excluding ortho intramolecular Hbond substituents is 1. The molecular formula is C39H66N4O6S. The number of nitrogens with one attached hydrogen (secondary N) is 4. The van der Waals surface area contributed by atoms with Crippen molar-refractivity contribution < 1.29 is 29.4 Å². The normalized spacial score (nSPS) is 14.6. The molecule has 4 amide bonds. The number of aliphatic hydroxyl groups is 1. The Morgan fingerprint density at radius 3 is 2.06 bits per heavy atom. The van der Waals surface area contributed by atoms with Crippen molar-refractivity contribution in [3.05, 3.63) is 53.1 Å². The molecule has 0 bridgehead atoms. The van der Waals surface area contributed by atoms with Gasteiger partial charge in [-0.1, -0.05) is 78.3 Å². The monoisotopic (exact) mass is 718 g/mol. The molecule has 50 heavy (non-hydrogen) atoms. The Balaban J connectivity index is 0.0000118. The van der Waals surface area contributed by atoms with Gasteiger partial charge in [0.15, 0.2) is 0 Å². The average Bonchev–Trinajstić information content (AvgIpc) is 3.07.